The second kappa shape index (κ2) is 8.74. The van der Waals surface area contributed by atoms with Gasteiger partial charge in [0, 0.05) is 23.3 Å². The average molecular weight is 489 g/mol. The maximum Gasteiger partial charge on any atom is 0.277 e. The fourth-order valence-electron chi connectivity index (χ4n) is 4.54. The minimum absolute atomic E-state index is 0.189. The summed E-state index contributed by atoms with van der Waals surface area (Å²) in [6.45, 7) is 6.22. The van der Waals surface area contributed by atoms with E-state index in [4.69, 9.17) is 16.0 Å². The molecule has 2 amide bonds. The fourth-order valence-corrected chi connectivity index (χ4v) is 4.66. The van der Waals surface area contributed by atoms with E-state index < -0.39 is 5.54 Å². The van der Waals surface area contributed by atoms with Crippen molar-refractivity contribution in [3.8, 4) is 11.5 Å². The van der Waals surface area contributed by atoms with Crippen LogP contribution in [0.15, 0.2) is 71.3 Å². The minimum Gasteiger partial charge on any atom is -0.463 e. The molecule has 7 nitrogen and oxygen atoms in total. The first-order valence-electron chi connectivity index (χ1n) is 11.3. The number of amides is 2. The summed E-state index contributed by atoms with van der Waals surface area (Å²) in [5, 5.41) is 8.23. The molecule has 8 heteroatoms. The Kier molecular flexibility index (Phi) is 5.73. The molecule has 4 aromatic rings. The van der Waals surface area contributed by atoms with Gasteiger partial charge in [-0.3, -0.25) is 19.2 Å². The Balaban J connectivity index is 1.55. The normalized spacial score (nSPS) is 17.4. The predicted molar refractivity (Wildman–Crippen MR) is 134 cm³/mol. The summed E-state index contributed by atoms with van der Waals surface area (Å²) in [6.07, 6.45) is 1.56. The zero-order valence-corrected chi connectivity index (χ0v) is 20.5. The number of carbonyl (C=O) groups is 2. The van der Waals surface area contributed by atoms with Crippen molar-refractivity contribution in [3.05, 3.63) is 94.3 Å². The second-order valence-corrected chi connectivity index (χ2v) is 9.50. The molecule has 0 saturated heterocycles. The van der Waals surface area contributed by atoms with Crippen LogP contribution in [0.1, 0.15) is 34.1 Å². The van der Waals surface area contributed by atoms with Gasteiger partial charge in [0.05, 0.1) is 12.8 Å². The van der Waals surface area contributed by atoms with Gasteiger partial charge in [0.1, 0.15) is 16.9 Å². The molecule has 1 aliphatic heterocycles. The molecule has 0 radical (unpaired) electrons. The minimum atomic E-state index is -1.22. The summed E-state index contributed by atoms with van der Waals surface area (Å²) in [6, 6.07) is 18.4. The van der Waals surface area contributed by atoms with Crippen LogP contribution in [0.4, 0.5) is 5.69 Å². The third kappa shape index (κ3) is 4.12. The van der Waals surface area contributed by atoms with Crippen LogP contribution in [0.25, 0.3) is 11.5 Å². The number of furan rings is 1. The summed E-state index contributed by atoms with van der Waals surface area (Å²) in [5.74, 6) is -0.00853. The predicted octanol–water partition coefficient (Wildman–Crippen LogP) is 5.15. The Bertz CT molecular complexity index is 1410. The van der Waals surface area contributed by atoms with E-state index in [2.05, 4.69) is 10.4 Å². The highest BCUT2D eigenvalue weighted by molar-refractivity contribution is 6.30. The highest BCUT2D eigenvalue weighted by atomic mass is 35.5. The van der Waals surface area contributed by atoms with Gasteiger partial charge in [0.15, 0.2) is 5.76 Å². The number of hydrogen-bond donors (Lipinski definition) is 1. The molecule has 0 aliphatic carbocycles. The van der Waals surface area contributed by atoms with Crippen LogP contribution < -0.4 is 10.2 Å². The smallest absolute Gasteiger partial charge is 0.277 e. The van der Waals surface area contributed by atoms with Gasteiger partial charge in [-0.15, -0.1) is 0 Å². The van der Waals surface area contributed by atoms with Gasteiger partial charge in [-0.05, 0) is 62.2 Å². The molecule has 0 unspecified atom stereocenters. The molecule has 35 heavy (non-hydrogen) atoms. The molecule has 0 saturated carbocycles. The molecule has 0 spiro atoms. The van der Waals surface area contributed by atoms with E-state index >= 15 is 0 Å². The van der Waals surface area contributed by atoms with Gasteiger partial charge >= 0.3 is 0 Å². The monoisotopic (exact) mass is 488 g/mol. The molecule has 1 atom stereocenters. The van der Waals surface area contributed by atoms with Crippen LogP contribution in [-0.4, -0.2) is 27.1 Å². The Hall–Kier alpha value is -3.84. The molecule has 2 aromatic carbocycles. The highest BCUT2D eigenvalue weighted by Crippen LogP contribution is 2.36. The van der Waals surface area contributed by atoms with Crippen molar-refractivity contribution < 1.29 is 14.0 Å². The lowest BCUT2D eigenvalue weighted by Crippen LogP contribution is -2.64. The topological polar surface area (TPSA) is 80.4 Å². The lowest BCUT2D eigenvalue weighted by atomic mass is 9.92. The van der Waals surface area contributed by atoms with Crippen molar-refractivity contribution in [2.24, 2.45) is 0 Å². The van der Waals surface area contributed by atoms with Gasteiger partial charge in [0.2, 0.25) is 5.91 Å². The summed E-state index contributed by atoms with van der Waals surface area (Å²) in [7, 11) is 0. The SMILES string of the molecule is Cc1ccc(N2C(=O)c3cc(-c4ccco4)nn3C[C@]2(C)C(=O)NCc2ccc(Cl)cc2)c(C)c1. The van der Waals surface area contributed by atoms with Crippen molar-refractivity contribution in [2.75, 3.05) is 4.90 Å². The van der Waals surface area contributed by atoms with Crippen LogP contribution in [0.3, 0.4) is 0 Å². The molecular weight excluding hydrogens is 464 g/mol. The van der Waals surface area contributed by atoms with E-state index in [0.717, 1.165) is 16.7 Å². The largest absolute Gasteiger partial charge is 0.463 e. The van der Waals surface area contributed by atoms with Crippen molar-refractivity contribution >= 4 is 29.1 Å². The lowest BCUT2D eigenvalue weighted by molar-refractivity contribution is -0.126. The Morgan fingerprint density at radius 3 is 2.60 bits per heavy atom. The maximum absolute atomic E-state index is 13.9. The van der Waals surface area contributed by atoms with Gasteiger partial charge < -0.3 is 9.73 Å². The van der Waals surface area contributed by atoms with E-state index in [1.807, 2.05) is 44.2 Å². The number of carbonyl (C=O) groups excluding carboxylic acids is 2. The average Bonchev–Trinajstić information content (AvgIpc) is 3.50. The van der Waals surface area contributed by atoms with E-state index in [0.29, 0.717) is 34.4 Å². The zero-order valence-electron chi connectivity index (χ0n) is 19.7. The third-order valence-electron chi connectivity index (χ3n) is 6.38. The van der Waals surface area contributed by atoms with E-state index in [-0.39, 0.29) is 18.4 Å². The second-order valence-electron chi connectivity index (χ2n) is 9.06. The van der Waals surface area contributed by atoms with Gasteiger partial charge in [-0.25, -0.2) is 0 Å². The first-order valence-corrected chi connectivity index (χ1v) is 11.7. The standard InChI is InChI=1S/C27H25ClN4O3/c1-17-6-11-22(18(2)13-17)32-25(33)23-14-21(24-5-4-12-35-24)30-31(23)16-27(32,3)26(34)29-15-19-7-9-20(28)10-8-19/h4-14H,15-16H2,1-3H3,(H,29,34)/t27-/m1/s1. The van der Waals surface area contributed by atoms with Crippen LogP contribution in [-0.2, 0) is 17.9 Å². The highest BCUT2D eigenvalue weighted by Gasteiger charge is 2.49. The third-order valence-corrected chi connectivity index (χ3v) is 6.63. The van der Waals surface area contributed by atoms with E-state index in [1.165, 1.54) is 0 Å². The molecule has 0 bridgehead atoms. The number of halogens is 1. The number of rotatable bonds is 5. The lowest BCUT2D eigenvalue weighted by Gasteiger charge is -2.43. The molecule has 5 rings (SSSR count). The number of aromatic nitrogens is 2. The van der Waals surface area contributed by atoms with Crippen molar-refractivity contribution in [1.82, 2.24) is 15.1 Å². The quantitative estimate of drug-likeness (QED) is 0.421. The summed E-state index contributed by atoms with van der Waals surface area (Å²) in [5.41, 5.74) is 3.32. The Morgan fingerprint density at radius 2 is 1.91 bits per heavy atom. The molecule has 1 N–H and O–H groups in total. The van der Waals surface area contributed by atoms with Crippen molar-refractivity contribution in [1.29, 1.82) is 0 Å². The number of hydrogen-bond acceptors (Lipinski definition) is 4. The molecule has 2 aromatic heterocycles. The van der Waals surface area contributed by atoms with Crippen LogP contribution in [0.2, 0.25) is 5.02 Å². The van der Waals surface area contributed by atoms with Gasteiger partial charge in [-0.2, -0.15) is 5.10 Å². The first-order chi connectivity index (χ1) is 16.8. The number of aryl methyl sites for hydroxylation is 2. The molecular formula is C27H25ClN4O3. The van der Waals surface area contributed by atoms with Crippen LogP contribution in [0.5, 0.6) is 0 Å². The van der Waals surface area contributed by atoms with Gasteiger partial charge in [0.25, 0.3) is 5.91 Å². The Morgan fingerprint density at radius 1 is 1.14 bits per heavy atom. The van der Waals surface area contributed by atoms with Gasteiger partial charge in [-0.1, -0.05) is 41.4 Å². The summed E-state index contributed by atoms with van der Waals surface area (Å²) in [4.78, 5) is 29.2. The van der Waals surface area contributed by atoms with Crippen LogP contribution in [0, 0.1) is 13.8 Å². The number of fused-ring (bicyclic) bond motifs is 1. The van der Waals surface area contributed by atoms with Crippen molar-refractivity contribution in [3.63, 3.8) is 0 Å². The van der Waals surface area contributed by atoms with E-state index in [9.17, 15) is 9.59 Å². The Labute approximate surface area is 208 Å². The molecule has 1 aliphatic rings. The first kappa shape index (κ1) is 22.9. The number of nitrogens with one attached hydrogen (secondary N) is 1. The number of nitrogens with zero attached hydrogens (tertiary/aromatic N) is 3. The van der Waals surface area contributed by atoms with Crippen molar-refractivity contribution in [2.45, 2.75) is 39.4 Å². The zero-order chi connectivity index (χ0) is 24.7. The molecule has 3 heterocycles. The summed E-state index contributed by atoms with van der Waals surface area (Å²) >= 11 is 5.99. The van der Waals surface area contributed by atoms with Crippen LogP contribution >= 0.6 is 11.6 Å². The number of anilines is 1. The number of benzene rings is 2. The summed E-state index contributed by atoms with van der Waals surface area (Å²) < 4.78 is 7.08. The fraction of sp³-hybridized carbons (Fsp3) is 0.222. The molecule has 0 fully saturated rings. The maximum atomic E-state index is 13.9. The molecule has 178 valence electrons. The van der Waals surface area contributed by atoms with E-state index in [1.54, 1.807) is 53.1 Å².